The molecule has 0 bridgehead atoms. The average molecular weight is 439 g/mol. The van der Waals surface area contributed by atoms with E-state index in [1.54, 1.807) is 0 Å². The molecule has 0 aromatic heterocycles. The van der Waals surface area contributed by atoms with Crippen LogP contribution >= 0.6 is 0 Å². The van der Waals surface area contributed by atoms with Crippen LogP contribution in [0.5, 0.6) is 11.5 Å². The summed E-state index contributed by atoms with van der Waals surface area (Å²) in [6, 6.07) is 7.82. The number of hydrogen-bond donors (Lipinski definition) is 2. The van der Waals surface area contributed by atoms with Crippen molar-refractivity contribution in [2.45, 2.75) is 118 Å². The van der Waals surface area contributed by atoms with Crippen molar-refractivity contribution in [3.05, 3.63) is 57.6 Å². The molecule has 2 nitrogen and oxygen atoms in total. The Kier molecular flexibility index (Phi) is 11.1. The van der Waals surface area contributed by atoms with Crippen molar-refractivity contribution in [3.63, 3.8) is 0 Å². The largest absolute Gasteiger partial charge is 0.508 e. The minimum Gasteiger partial charge on any atom is -0.508 e. The average Bonchev–Trinajstić information content (AvgIpc) is 2.78. The van der Waals surface area contributed by atoms with E-state index in [1.165, 1.54) is 60.8 Å². The molecule has 0 heterocycles. The summed E-state index contributed by atoms with van der Waals surface area (Å²) in [4.78, 5) is 0. The lowest BCUT2D eigenvalue weighted by Crippen LogP contribution is -2.11. The van der Waals surface area contributed by atoms with E-state index in [0.717, 1.165) is 49.7 Å². The molecule has 0 spiro atoms. The third-order valence-electron chi connectivity index (χ3n) is 6.97. The Morgan fingerprint density at radius 2 is 1.03 bits per heavy atom. The first kappa shape index (κ1) is 26.3. The van der Waals surface area contributed by atoms with Gasteiger partial charge in [0, 0.05) is 17.0 Å². The van der Waals surface area contributed by atoms with Crippen molar-refractivity contribution < 1.29 is 10.2 Å². The summed E-state index contributed by atoms with van der Waals surface area (Å²) < 4.78 is 0. The van der Waals surface area contributed by atoms with E-state index in [2.05, 4.69) is 46.8 Å². The monoisotopic (exact) mass is 438 g/mol. The van der Waals surface area contributed by atoms with Gasteiger partial charge in [-0.1, -0.05) is 77.8 Å². The molecule has 0 unspecified atom stereocenters. The van der Waals surface area contributed by atoms with Gasteiger partial charge in [0.15, 0.2) is 0 Å². The maximum absolute atomic E-state index is 11.1. The highest BCUT2D eigenvalue weighted by Gasteiger charge is 2.27. The topological polar surface area (TPSA) is 40.5 Å². The van der Waals surface area contributed by atoms with Crippen LogP contribution in [0, 0.1) is 13.8 Å². The number of phenols is 2. The van der Waals surface area contributed by atoms with Crippen LogP contribution < -0.4 is 0 Å². The summed E-state index contributed by atoms with van der Waals surface area (Å²) in [7, 11) is 0. The zero-order chi connectivity index (χ0) is 23.5. The second kappa shape index (κ2) is 13.6. The minimum atomic E-state index is 0.0298. The molecule has 2 aromatic rings. The third-order valence-corrected chi connectivity index (χ3v) is 6.97. The molecular formula is C30H46O2. The number of rotatable bonds is 14. The lowest BCUT2D eigenvalue weighted by Gasteiger charge is -2.27. The molecule has 2 rings (SSSR count). The van der Waals surface area contributed by atoms with Gasteiger partial charge >= 0.3 is 0 Å². The second-order valence-corrected chi connectivity index (χ2v) is 9.55. The van der Waals surface area contributed by atoms with Gasteiger partial charge in [-0.3, -0.25) is 0 Å². The van der Waals surface area contributed by atoms with E-state index in [0.29, 0.717) is 11.5 Å². The molecule has 2 N–H and O–H groups in total. The summed E-state index contributed by atoms with van der Waals surface area (Å²) in [6.45, 7) is 11.0. The Labute approximate surface area is 197 Å². The molecule has 0 atom stereocenters. The molecule has 2 heteroatoms. The number of aromatic hydroxyl groups is 2. The molecule has 0 amide bonds. The van der Waals surface area contributed by atoms with Crippen LogP contribution in [0.4, 0.5) is 0 Å². The summed E-state index contributed by atoms with van der Waals surface area (Å²) in [6.07, 6.45) is 13.6. The first-order valence-corrected chi connectivity index (χ1v) is 13.1. The maximum atomic E-state index is 11.1. The molecule has 32 heavy (non-hydrogen) atoms. The van der Waals surface area contributed by atoms with Gasteiger partial charge in [0.1, 0.15) is 11.5 Å². The fourth-order valence-corrected chi connectivity index (χ4v) is 5.14. The van der Waals surface area contributed by atoms with Crippen molar-refractivity contribution >= 4 is 0 Å². The lowest BCUT2D eigenvalue weighted by atomic mass is 9.78. The zero-order valence-corrected chi connectivity index (χ0v) is 21.3. The van der Waals surface area contributed by atoms with Crippen LogP contribution in [-0.4, -0.2) is 10.2 Å². The third kappa shape index (κ3) is 6.77. The van der Waals surface area contributed by atoms with Crippen molar-refractivity contribution in [1.82, 2.24) is 0 Å². The molecule has 0 aliphatic carbocycles. The predicted molar refractivity (Wildman–Crippen MR) is 138 cm³/mol. The van der Waals surface area contributed by atoms with Gasteiger partial charge in [-0.05, 0) is 80.3 Å². The first-order chi connectivity index (χ1) is 15.5. The normalized spacial score (nSPS) is 11.4. The van der Waals surface area contributed by atoms with Crippen molar-refractivity contribution in [2.24, 2.45) is 0 Å². The van der Waals surface area contributed by atoms with Crippen molar-refractivity contribution in [1.29, 1.82) is 0 Å². The number of benzene rings is 2. The number of unbranched alkanes of at least 4 members (excludes halogenated alkanes) is 6. The number of hydrogen-bond acceptors (Lipinski definition) is 2. The van der Waals surface area contributed by atoms with E-state index in [-0.39, 0.29) is 5.92 Å². The lowest BCUT2D eigenvalue weighted by molar-refractivity contribution is 0.447. The van der Waals surface area contributed by atoms with Crippen LogP contribution in [0.25, 0.3) is 0 Å². The summed E-state index contributed by atoms with van der Waals surface area (Å²) >= 11 is 0. The highest BCUT2D eigenvalue weighted by molar-refractivity contribution is 5.56. The highest BCUT2D eigenvalue weighted by atomic mass is 16.3. The molecule has 0 fully saturated rings. The molecule has 0 saturated heterocycles. The van der Waals surface area contributed by atoms with Gasteiger partial charge in [-0.15, -0.1) is 0 Å². The molecule has 0 radical (unpaired) electrons. The molecule has 0 saturated carbocycles. The van der Waals surface area contributed by atoms with Gasteiger partial charge in [0.2, 0.25) is 0 Å². The van der Waals surface area contributed by atoms with Gasteiger partial charge in [0.25, 0.3) is 0 Å². The molecule has 178 valence electrons. The summed E-state index contributed by atoms with van der Waals surface area (Å²) in [5.74, 6) is 0.803. The Balaban J connectivity index is 2.55. The van der Waals surface area contributed by atoms with Crippen LogP contribution in [0.2, 0.25) is 0 Å². The fourth-order valence-electron chi connectivity index (χ4n) is 5.14. The van der Waals surface area contributed by atoms with Gasteiger partial charge in [-0.25, -0.2) is 0 Å². The molecule has 0 aliphatic rings. The van der Waals surface area contributed by atoms with Crippen LogP contribution in [0.15, 0.2) is 24.3 Å². The molecule has 2 aromatic carbocycles. The van der Waals surface area contributed by atoms with E-state index in [9.17, 15) is 10.2 Å². The standard InChI is InChI=1S/C30H46O2/c1-6-9-11-13-16-24-22(4)18-20-27(31)29(24)26(15-8-3)30-25(17-14-12-10-7-2)23(5)19-21-28(30)32/h18-21,26,31-32H,6-17H2,1-5H3. The smallest absolute Gasteiger partial charge is 0.119 e. The first-order valence-electron chi connectivity index (χ1n) is 13.1. The second-order valence-electron chi connectivity index (χ2n) is 9.55. The summed E-state index contributed by atoms with van der Waals surface area (Å²) in [5, 5.41) is 22.2. The number of aryl methyl sites for hydroxylation is 2. The number of phenolic OH excluding ortho intramolecular Hbond substituents is 2. The molecule has 0 aliphatic heterocycles. The SMILES string of the molecule is CCCCCCc1c(C)ccc(O)c1C(CCC)c1c(O)ccc(C)c1CCCCCC. The Hall–Kier alpha value is -1.96. The van der Waals surface area contributed by atoms with Crippen LogP contribution in [-0.2, 0) is 12.8 Å². The maximum Gasteiger partial charge on any atom is 0.119 e. The van der Waals surface area contributed by atoms with Gasteiger partial charge in [-0.2, -0.15) is 0 Å². The predicted octanol–water partition coefficient (Wildman–Crippen LogP) is 8.89. The Bertz CT molecular complexity index is 770. The van der Waals surface area contributed by atoms with Crippen LogP contribution in [0.1, 0.15) is 124 Å². The van der Waals surface area contributed by atoms with E-state index in [1.807, 2.05) is 12.1 Å². The van der Waals surface area contributed by atoms with E-state index < -0.39 is 0 Å². The van der Waals surface area contributed by atoms with Gasteiger partial charge in [0.05, 0.1) is 0 Å². The van der Waals surface area contributed by atoms with Crippen molar-refractivity contribution in [2.75, 3.05) is 0 Å². The zero-order valence-electron chi connectivity index (χ0n) is 21.3. The Morgan fingerprint density at radius 1 is 0.594 bits per heavy atom. The van der Waals surface area contributed by atoms with Crippen LogP contribution in [0.3, 0.4) is 0 Å². The van der Waals surface area contributed by atoms with E-state index in [4.69, 9.17) is 0 Å². The van der Waals surface area contributed by atoms with Crippen molar-refractivity contribution in [3.8, 4) is 11.5 Å². The van der Waals surface area contributed by atoms with E-state index >= 15 is 0 Å². The van der Waals surface area contributed by atoms with Gasteiger partial charge < -0.3 is 10.2 Å². The molecular weight excluding hydrogens is 392 g/mol. The quantitative estimate of drug-likeness (QED) is 0.289. The summed E-state index contributed by atoms with van der Waals surface area (Å²) in [5.41, 5.74) is 7.20. The highest BCUT2D eigenvalue weighted by Crippen LogP contribution is 2.44. The Morgan fingerprint density at radius 3 is 1.41 bits per heavy atom. The minimum absolute atomic E-state index is 0.0298. The fraction of sp³-hybridized carbons (Fsp3) is 0.600.